The van der Waals surface area contributed by atoms with Crippen LogP contribution in [0, 0.1) is 17.1 Å². The third-order valence-electron chi connectivity index (χ3n) is 4.90. The van der Waals surface area contributed by atoms with Crippen LogP contribution < -0.4 is 11.1 Å². The number of aliphatic imine (C=N–C) groups is 1. The van der Waals surface area contributed by atoms with E-state index >= 15 is 0 Å². The second kappa shape index (κ2) is 8.73. The maximum Gasteiger partial charge on any atom is 0.419 e. The van der Waals surface area contributed by atoms with Gasteiger partial charge < -0.3 is 14.5 Å². The second-order valence-electron chi connectivity index (χ2n) is 7.02. The Balaban J connectivity index is 1.52. The average Bonchev–Trinajstić information content (AvgIpc) is 2.96. The van der Waals surface area contributed by atoms with Gasteiger partial charge in [-0.1, -0.05) is 18.2 Å². The highest BCUT2D eigenvalue weighted by Gasteiger charge is 2.18. The van der Waals surface area contributed by atoms with Gasteiger partial charge >= 0.3 is 5.76 Å². The maximum absolute atomic E-state index is 14.9. The third-order valence-corrected chi connectivity index (χ3v) is 4.90. The van der Waals surface area contributed by atoms with Crippen LogP contribution in [0.1, 0.15) is 5.56 Å². The fourth-order valence-corrected chi connectivity index (χ4v) is 3.26. The summed E-state index contributed by atoms with van der Waals surface area (Å²) >= 11 is 0. The van der Waals surface area contributed by atoms with Crippen LogP contribution in [-0.4, -0.2) is 22.7 Å². The topological polar surface area (TPSA) is 110 Å². The van der Waals surface area contributed by atoms with Gasteiger partial charge in [0, 0.05) is 25.2 Å². The summed E-state index contributed by atoms with van der Waals surface area (Å²) in [4.78, 5) is 27.8. The minimum atomic E-state index is -0.898. The lowest BCUT2D eigenvalue weighted by Crippen LogP contribution is -2.36. The molecule has 0 aliphatic carbocycles. The second-order valence-corrected chi connectivity index (χ2v) is 7.02. The van der Waals surface area contributed by atoms with Crippen LogP contribution in [0.3, 0.4) is 0 Å². The molecule has 1 aliphatic heterocycles. The molecule has 4 rings (SSSR count). The zero-order valence-corrected chi connectivity index (χ0v) is 16.9. The van der Waals surface area contributed by atoms with Gasteiger partial charge in [-0.2, -0.15) is 5.26 Å². The zero-order valence-electron chi connectivity index (χ0n) is 16.9. The van der Waals surface area contributed by atoms with E-state index in [0.29, 0.717) is 27.8 Å². The van der Waals surface area contributed by atoms with E-state index in [4.69, 9.17) is 9.15 Å². The van der Waals surface area contributed by atoms with Gasteiger partial charge in [0.25, 0.3) is 5.91 Å². The molecule has 2 heterocycles. The molecule has 0 saturated carbocycles. The number of aryl methyl sites for hydroxylation is 1. The van der Waals surface area contributed by atoms with Gasteiger partial charge in [0.1, 0.15) is 11.9 Å². The van der Waals surface area contributed by atoms with Crippen LogP contribution in [0.4, 0.5) is 4.39 Å². The van der Waals surface area contributed by atoms with Crippen molar-refractivity contribution in [2.75, 3.05) is 0 Å². The fraction of sp³-hybridized carbons (Fsp3) is 0.130. The Hall–Kier alpha value is -4.45. The summed E-state index contributed by atoms with van der Waals surface area (Å²) in [6.45, 7) is 0. The number of nitrogens with one attached hydrogen (secondary N) is 1. The van der Waals surface area contributed by atoms with Crippen LogP contribution >= 0.6 is 0 Å². The van der Waals surface area contributed by atoms with Crippen LogP contribution in [0.15, 0.2) is 74.9 Å². The summed E-state index contributed by atoms with van der Waals surface area (Å²) in [5.74, 6) is -1.64. The zero-order chi connectivity index (χ0) is 22.7. The molecule has 1 atom stereocenters. The molecule has 160 valence electrons. The first kappa shape index (κ1) is 20.8. The number of aromatic nitrogens is 1. The van der Waals surface area contributed by atoms with E-state index in [9.17, 15) is 19.2 Å². The number of rotatable bonds is 5. The number of hydrogen-bond acceptors (Lipinski definition) is 6. The number of hydrogen-bond donors (Lipinski definition) is 1. The van der Waals surface area contributed by atoms with Crippen LogP contribution in [0.5, 0.6) is 0 Å². The third kappa shape index (κ3) is 4.20. The van der Waals surface area contributed by atoms with Gasteiger partial charge in [0.15, 0.2) is 5.58 Å². The molecule has 8 nitrogen and oxygen atoms in total. The normalized spacial score (nSPS) is 13.7. The number of nitrogens with zero attached hydrogens (tertiary/aromatic N) is 3. The predicted octanol–water partition coefficient (Wildman–Crippen LogP) is 2.94. The quantitative estimate of drug-likeness (QED) is 0.667. The van der Waals surface area contributed by atoms with E-state index in [2.05, 4.69) is 10.3 Å². The lowest BCUT2D eigenvalue weighted by atomic mass is 10.00. The van der Waals surface area contributed by atoms with E-state index < -0.39 is 23.5 Å². The molecule has 1 N–H and O–H groups in total. The highest BCUT2D eigenvalue weighted by molar-refractivity contribution is 5.92. The summed E-state index contributed by atoms with van der Waals surface area (Å²) in [5, 5.41) is 12.0. The molecule has 0 unspecified atom stereocenters. The van der Waals surface area contributed by atoms with Crippen LogP contribution in [0.2, 0.25) is 0 Å². The first-order valence-electron chi connectivity index (χ1n) is 9.60. The van der Waals surface area contributed by atoms with Crippen molar-refractivity contribution < 1.29 is 18.3 Å². The summed E-state index contributed by atoms with van der Waals surface area (Å²) < 4.78 is 26.5. The first-order valence-corrected chi connectivity index (χ1v) is 9.60. The van der Waals surface area contributed by atoms with Gasteiger partial charge in [-0.25, -0.2) is 9.18 Å². The van der Waals surface area contributed by atoms with E-state index in [1.54, 1.807) is 37.4 Å². The average molecular weight is 432 g/mol. The largest absolute Gasteiger partial charge is 0.458 e. The Morgan fingerprint density at radius 2 is 2.16 bits per heavy atom. The van der Waals surface area contributed by atoms with Crippen LogP contribution in [-0.2, 0) is 23.0 Å². The fourth-order valence-electron chi connectivity index (χ4n) is 3.26. The molecule has 0 bridgehead atoms. The molecule has 0 radical (unpaired) electrons. The van der Waals surface area contributed by atoms with E-state index in [1.807, 2.05) is 6.07 Å². The Labute approximate surface area is 181 Å². The first-order chi connectivity index (χ1) is 15.5. The number of ether oxygens (including phenoxy) is 1. The summed E-state index contributed by atoms with van der Waals surface area (Å²) in [7, 11) is 1.58. The molecule has 32 heavy (non-hydrogen) atoms. The SMILES string of the molecule is Cn1c(=O)oc2ccc(-c3ccc(C[C@@H](C#N)NC(=O)C4=CN=CC=CO4)cc3F)cc21. The molecule has 3 aromatic rings. The Morgan fingerprint density at radius 1 is 1.31 bits per heavy atom. The summed E-state index contributed by atoms with van der Waals surface area (Å²) in [6, 6.07) is 10.6. The molecular formula is C23H17FN4O4. The van der Waals surface area contributed by atoms with Crippen molar-refractivity contribution in [3.05, 3.63) is 82.6 Å². The van der Waals surface area contributed by atoms with Crippen molar-refractivity contribution in [2.45, 2.75) is 12.5 Å². The lowest BCUT2D eigenvalue weighted by Gasteiger charge is -2.13. The molecule has 0 spiro atoms. The number of carbonyl (C=O) groups is 1. The minimum Gasteiger partial charge on any atom is -0.458 e. The molecular weight excluding hydrogens is 415 g/mol. The molecule has 1 aliphatic rings. The Bertz CT molecular complexity index is 1390. The van der Waals surface area contributed by atoms with Crippen molar-refractivity contribution in [1.82, 2.24) is 9.88 Å². The van der Waals surface area contributed by atoms with Gasteiger partial charge in [-0.15, -0.1) is 0 Å². The number of allylic oxidation sites excluding steroid dienone is 1. The van der Waals surface area contributed by atoms with E-state index in [-0.39, 0.29) is 12.2 Å². The molecule has 1 aromatic heterocycles. The Kier molecular flexibility index (Phi) is 5.68. The summed E-state index contributed by atoms with van der Waals surface area (Å²) in [6.07, 6.45) is 5.62. The summed E-state index contributed by atoms with van der Waals surface area (Å²) in [5.41, 5.74) is 2.42. The van der Waals surface area contributed by atoms with Gasteiger partial charge in [-0.3, -0.25) is 14.4 Å². The standard InChI is InChI=1S/C23H17FN4O4/c1-28-19-11-15(4-6-20(19)32-23(28)30)17-5-3-14(10-18(17)24)9-16(12-25)27-22(29)21-13-26-7-2-8-31-21/h2-8,10-11,13,16H,9H2,1H3,(H,27,29)/t16-/m0/s1. The number of fused-ring (bicyclic) bond motifs is 1. The van der Waals surface area contributed by atoms with Crippen molar-refractivity contribution in [2.24, 2.45) is 12.0 Å². The van der Waals surface area contributed by atoms with Gasteiger partial charge in [0.05, 0.1) is 24.0 Å². The van der Waals surface area contributed by atoms with Crippen LogP contribution in [0.25, 0.3) is 22.2 Å². The molecule has 0 fully saturated rings. The number of oxazole rings is 1. The van der Waals surface area contributed by atoms with Crippen molar-refractivity contribution in [1.29, 1.82) is 5.26 Å². The number of nitriles is 1. The van der Waals surface area contributed by atoms with E-state index in [1.165, 1.54) is 35.4 Å². The number of amides is 1. The van der Waals surface area contributed by atoms with Crippen molar-refractivity contribution in [3.8, 4) is 17.2 Å². The Morgan fingerprint density at radius 3 is 2.94 bits per heavy atom. The minimum absolute atomic E-state index is 0.0548. The van der Waals surface area contributed by atoms with Crippen molar-refractivity contribution >= 4 is 23.2 Å². The van der Waals surface area contributed by atoms with E-state index in [0.717, 1.165) is 0 Å². The maximum atomic E-state index is 14.9. The van der Waals surface area contributed by atoms with Gasteiger partial charge in [0.2, 0.25) is 5.76 Å². The number of carbonyl (C=O) groups excluding carboxylic acids is 1. The lowest BCUT2D eigenvalue weighted by molar-refractivity contribution is -0.120. The predicted molar refractivity (Wildman–Crippen MR) is 115 cm³/mol. The highest BCUT2D eigenvalue weighted by atomic mass is 19.1. The molecule has 0 saturated heterocycles. The monoisotopic (exact) mass is 432 g/mol. The van der Waals surface area contributed by atoms with Crippen molar-refractivity contribution in [3.63, 3.8) is 0 Å². The molecule has 9 heteroatoms. The number of benzene rings is 2. The number of halogens is 1. The smallest absolute Gasteiger partial charge is 0.419 e. The highest BCUT2D eigenvalue weighted by Crippen LogP contribution is 2.27. The molecule has 2 aromatic carbocycles. The molecule has 1 amide bonds. The van der Waals surface area contributed by atoms with Gasteiger partial charge in [-0.05, 0) is 35.4 Å².